The van der Waals surface area contributed by atoms with Gasteiger partial charge in [-0.25, -0.2) is 8.78 Å². The van der Waals surface area contributed by atoms with Gasteiger partial charge in [-0.05, 0) is 49.0 Å². The summed E-state index contributed by atoms with van der Waals surface area (Å²) in [5, 5.41) is 2.89. The molecule has 17 heavy (non-hydrogen) atoms. The van der Waals surface area contributed by atoms with Gasteiger partial charge in [0.05, 0.1) is 16.6 Å². The molecule has 0 aliphatic heterocycles. The zero-order valence-corrected chi connectivity index (χ0v) is 11.6. The van der Waals surface area contributed by atoms with E-state index in [4.69, 9.17) is 4.74 Å². The van der Waals surface area contributed by atoms with Crippen LogP contribution in [-0.4, -0.2) is 19.8 Å². The first kappa shape index (κ1) is 14.5. The second-order valence-electron chi connectivity index (χ2n) is 3.68. The van der Waals surface area contributed by atoms with E-state index >= 15 is 0 Å². The van der Waals surface area contributed by atoms with Gasteiger partial charge in [-0.3, -0.25) is 0 Å². The number of hydrogen-bond acceptors (Lipinski definition) is 2. The highest BCUT2D eigenvalue weighted by atomic mass is 79.9. The SMILES string of the molecule is CCOC(C)C(NC)c1c(F)ccc(Br)c1F. The molecule has 2 nitrogen and oxygen atoms in total. The van der Waals surface area contributed by atoms with E-state index < -0.39 is 17.7 Å². The Hall–Kier alpha value is -0.520. The fraction of sp³-hybridized carbons (Fsp3) is 0.500. The molecule has 1 N–H and O–H groups in total. The number of hydrogen-bond donors (Lipinski definition) is 1. The summed E-state index contributed by atoms with van der Waals surface area (Å²) in [6.07, 6.45) is -0.316. The maximum atomic E-state index is 13.9. The van der Waals surface area contributed by atoms with Crippen molar-refractivity contribution in [3.05, 3.63) is 33.8 Å². The normalized spacial score (nSPS) is 14.7. The topological polar surface area (TPSA) is 21.3 Å². The predicted octanol–water partition coefficient (Wildman–Crippen LogP) is 3.41. The van der Waals surface area contributed by atoms with E-state index in [-0.39, 0.29) is 16.1 Å². The zero-order chi connectivity index (χ0) is 13.0. The molecule has 0 bridgehead atoms. The van der Waals surface area contributed by atoms with Gasteiger partial charge in [0.15, 0.2) is 0 Å². The molecule has 1 rings (SSSR count). The predicted molar refractivity (Wildman–Crippen MR) is 66.9 cm³/mol. The van der Waals surface area contributed by atoms with E-state index in [1.54, 1.807) is 14.0 Å². The van der Waals surface area contributed by atoms with Gasteiger partial charge < -0.3 is 10.1 Å². The van der Waals surface area contributed by atoms with Crippen LogP contribution in [0.2, 0.25) is 0 Å². The molecule has 0 saturated carbocycles. The summed E-state index contributed by atoms with van der Waals surface area (Å²) in [5.74, 6) is -1.16. The minimum absolute atomic E-state index is 0.00262. The molecule has 0 saturated heterocycles. The number of nitrogens with one attached hydrogen (secondary N) is 1. The first-order valence-corrected chi connectivity index (χ1v) is 6.24. The van der Waals surface area contributed by atoms with Gasteiger partial charge in [-0.15, -0.1) is 0 Å². The van der Waals surface area contributed by atoms with Crippen LogP contribution in [0, 0.1) is 11.6 Å². The van der Waals surface area contributed by atoms with Gasteiger partial charge in [0.1, 0.15) is 11.6 Å². The number of rotatable bonds is 5. The summed E-state index contributed by atoms with van der Waals surface area (Å²) < 4.78 is 33.3. The van der Waals surface area contributed by atoms with Crippen LogP contribution in [0.25, 0.3) is 0 Å². The average Bonchev–Trinajstić information content (AvgIpc) is 2.30. The lowest BCUT2D eigenvalue weighted by Gasteiger charge is -2.24. The van der Waals surface area contributed by atoms with Crippen molar-refractivity contribution in [1.29, 1.82) is 0 Å². The number of likely N-dealkylation sites (N-methyl/N-ethyl adjacent to an activating group) is 1. The van der Waals surface area contributed by atoms with E-state index in [2.05, 4.69) is 21.2 Å². The van der Waals surface area contributed by atoms with Crippen molar-refractivity contribution in [2.75, 3.05) is 13.7 Å². The zero-order valence-electron chi connectivity index (χ0n) is 10.1. The summed E-state index contributed by atoms with van der Waals surface area (Å²) in [5.41, 5.74) is 0.00262. The maximum absolute atomic E-state index is 13.9. The quantitative estimate of drug-likeness (QED) is 0.842. The van der Waals surface area contributed by atoms with E-state index in [0.717, 1.165) is 0 Å². The maximum Gasteiger partial charge on any atom is 0.145 e. The molecule has 0 aliphatic rings. The molecule has 2 unspecified atom stereocenters. The van der Waals surface area contributed by atoms with Crippen molar-refractivity contribution in [1.82, 2.24) is 5.32 Å². The Bertz CT molecular complexity index is 387. The Morgan fingerprint density at radius 2 is 2.06 bits per heavy atom. The standard InChI is InChI=1S/C12H16BrF2NO/c1-4-17-7(2)12(16-3)10-9(14)6-5-8(13)11(10)15/h5-7,12,16H,4H2,1-3H3. The summed E-state index contributed by atoms with van der Waals surface area (Å²) in [4.78, 5) is 0. The van der Waals surface area contributed by atoms with Crippen molar-refractivity contribution in [3.63, 3.8) is 0 Å². The third-order valence-electron chi connectivity index (χ3n) is 2.60. The molecule has 5 heteroatoms. The van der Waals surface area contributed by atoms with Crippen LogP contribution < -0.4 is 5.32 Å². The molecule has 0 spiro atoms. The molecular formula is C12H16BrF2NO. The lowest BCUT2D eigenvalue weighted by molar-refractivity contribution is 0.0473. The molecule has 0 aromatic heterocycles. The highest BCUT2D eigenvalue weighted by Crippen LogP contribution is 2.29. The third-order valence-corrected chi connectivity index (χ3v) is 3.21. The molecular weight excluding hydrogens is 292 g/mol. The van der Waals surface area contributed by atoms with Crippen molar-refractivity contribution < 1.29 is 13.5 Å². The van der Waals surface area contributed by atoms with Crippen LogP contribution in [0.4, 0.5) is 8.78 Å². The monoisotopic (exact) mass is 307 g/mol. The van der Waals surface area contributed by atoms with E-state index in [0.29, 0.717) is 6.61 Å². The fourth-order valence-electron chi connectivity index (χ4n) is 1.80. The van der Waals surface area contributed by atoms with Crippen LogP contribution in [0.15, 0.2) is 16.6 Å². The van der Waals surface area contributed by atoms with Gasteiger partial charge in [0.2, 0.25) is 0 Å². The second kappa shape index (κ2) is 6.42. The molecule has 0 aliphatic carbocycles. The van der Waals surface area contributed by atoms with Crippen molar-refractivity contribution in [2.45, 2.75) is 26.0 Å². The molecule has 0 heterocycles. The minimum atomic E-state index is -0.587. The Labute approximate surface area is 108 Å². The van der Waals surface area contributed by atoms with E-state index in [9.17, 15) is 8.78 Å². The van der Waals surface area contributed by atoms with Crippen LogP contribution in [0.5, 0.6) is 0 Å². The Morgan fingerprint density at radius 1 is 1.41 bits per heavy atom. The lowest BCUT2D eigenvalue weighted by Crippen LogP contribution is -2.31. The van der Waals surface area contributed by atoms with Gasteiger partial charge in [0.25, 0.3) is 0 Å². The van der Waals surface area contributed by atoms with Gasteiger partial charge in [-0.1, -0.05) is 0 Å². The molecule has 1 aromatic carbocycles. The second-order valence-corrected chi connectivity index (χ2v) is 4.54. The smallest absolute Gasteiger partial charge is 0.145 e. The molecule has 0 radical (unpaired) electrons. The number of benzene rings is 1. The van der Waals surface area contributed by atoms with E-state index in [1.807, 2.05) is 6.92 Å². The fourth-order valence-corrected chi connectivity index (χ4v) is 2.15. The van der Waals surface area contributed by atoms with Crippen molar-refractivity contribution >= 4 is 15.9 Å². The highest BCUT2D eigenvalue weighted by molar-refractivity contribution is 9.10. The Kier molecular flexibility index (Phi) is 5.49. The Balaban J connectivity index is 3.15. The summed E-state index contributed by atoms with van der Waals surface area (Å²) in [6, 6.07) is 2.07. The molecule has 2 atom stereocenters. The van der Waals surface area contributed by atoms with Crippen LogP contribution in [0.1, 0.15) is 25.5 Å². The third kappa shape index (κ3) is 3.24. The van der Waals surface area contributed by atoms with Gasteiger partial charge >= 0.3 is 0 Å². The van der Waals surface area contributed by atoms with Crippen LogP contribution in [-0.2, 0) is 4.74 Å². The first-order valence-electron chi connectivity index (χ1n) is 5.45. The van der Waals surface area contributed by atoms with Crippen LogP contribution in [0.3, 0.4) is 0 Å². The molecule has 1 aromatic rings. The highest BCUT2D eigenvalue weighted by Gasteiger charge is 2.25. The van der Waals surface area contributed by atoms with Crippen molar-refractivity contribution in [3.8, 4) is 0 Å². The molecule has 0 amide bonds. The van der Waals surface area contributed by atoms with Gasteiger partial charge in [0, 0.05) is 12.2 Å². The van der Waals surface area contributed by atoms with Crippen molar-refractivity contribution in [2.24, 2.45) is 0 Å². The average molecular weight is 308 g/mol. The van der Waals surface area contributed by atoms with E-state index in [1.165, 1.54) is 12.1 Å². The minimum Gasteiger partial charge on any atom is -0.377 e. The largest absolute Gasteiger partial charge is 0.377 e. The summed E-state index contributed by atoms with van der Waals surface area (Å²) >= 11 is 3.06. The lowest BCUT2D eigenvalue weighted by atomic mass is 10.0. The molecule has 0 fully saturated rings. The first-order chi connectivity index (χ1) is 8.02. The summed E-state index contributed by atoms with van der Waals surface area (Å²) in [7, 11) is 1.65. The molecule has 96 valence electrons. The Morgan fingerprint density at radius 3 is 2.59 bits per heavy atom. The van der Waals surface area contributed by atoms with Gasteiger partial charge in [-0.2, -0.15) is 0 Å². The number of halogens is 3. The summed E-state index contributed by atoms with van der Waals surface area (Å²) in [6.45, 7) is 4.12. The van der Waals surface area contributed by atoms with Crippen LogP contribution >= 0.6 is 15.9 Å². The number of ether oxygens (including phenoxy) is 1.